The number of benzene rings is 2. The third kappa shape index (κ3) is 5.77. The molecule has 0 aliphatic heterocycles. The molecule has 1 N–H and O–H groups in total. The topological polar surface area (TPSA) is 66.5 Å². The number of carbonyl (C=O) groups excluding carboxylic acids is 1. The van der Waals surface area contributed by atoms with Crippen LogP contribution in [-0.2, 0) is 21.0 Å². The third-order valence-electron chi connectivity index (χ3n) is 3.95. The van der Waals surface area contributed by atoms with Crippen LogP contribution in [0.15, 0.2) is 42.5 Å². The molecule has 0 aromatic heterocycles. The van der Waals surface area contributed by atoms with Crippen LogP contribution in [-0.4, -0.2) is 26.6 Å². The molecule has 1 amide bonds. The average molecular weight is 469 g/mol. The molecule has 0 bridgehead atoms. The van der Waals surface area contributed by atoms with Gasteiger partial charge in [0, 0.05) is 10.7 Å². The highest BCUT2D eigenvalue weighted by molar-refractivity contribution is 7.92. The summed E-state index contributed by atoms with van der Waals surface area (Å²) < 4.78 is 64.7. The number of halogens is 5. The van der Waals surface area contributed by atoms with Crippen molar-refractivity contribution >= 4 is 50.5 Å². The second-order valence-corrected chi connectivity index (χ2v) is 8.84. The van der Waals surface area contributed by atoms with Crippen LogP contribution in [0.3, 0.4) is 0 Å². The maximum Gasteiger partial charge on any atom is 0.417 e. The number of carbonyl (C=O) groups is 1. The maximum absolute atomic E-state index is 13.0. The van der Waals surface area contributed by atoms with Crippen molar-refractivity contribution in [3.63, 3.8) is 0 Å². The number of rotatable bonds is 6. The van der Waals surface area contributed by atoms with Crippen LogP contribution in [0.2, 0.25) is 10.0 Å². The zero-order valence-electron chi connectivity index (χ0n) is 15.3. The van der Waals surface area contributed by atoms with Crippen molar-refractivity contribution in [2.45, 2.75) is 25.6 Å². The minimum atomic E-state index is -4.70. The standard InChI is InChI=1S/C18H17Cl2F3N2O3S/c1-3-16(25(29(2,27)28)13-7-4-11(19)5-8-13)17(26)24-12-6-9-15(20)14(10-12)18(21,22)23/h4-10,16H,3H2,1-2H3,(H,24,26)/t16-/m1/s1. The summed E-state index contributed by atoms with van der Waals surface area (Å²) in [6.45, 7) is 1.58. The molecule has 0 radical (unpaired) electrons. The highest BCUT2D eigenvalue weighted by Crippen LogP contribution is 2.36. The number of hydrogen-bond donors (Lipinski definition) is 1. The smallest absolute Gasteiger partial charge is 0.324 e. The largest absolute Gasteiger partial charge is 0.417 e. The summed E-state index contributed by atoms with van der Waals surface area (Å²) in [6, 6.07) is 7.51. The van der Waals surface area contributed by atoms with Crippen molar-refractivity contribution < 1.29 is 26.4 Å². The van der Waals surface area contributed by atoms with Gasteiger partial charge in [-0.3, -0.25) is 9.10 Å². The van der Waals surface area contributed by atoms with Crippen LogP contribution in [0.5, 0.6) is 0 Å². The molecule has 2 aromatic carbocycles. The van der Waals surface area contributed by atoms with Crippen molar-refractivity contribution in [2.75, 3.05) is 15.9 Å². The van der Waals surface area contributed by atoms with Gasteiger partial charge in [-0.15, -0.1) is 0 Å². The van der Waals surface area contributed by atoms with Crippen LogP contribution in [0, 0.1) is 0 Å². The van der Waals surface area contributed by atoms with Crippen molar-refractivity contribution in [1.82, 2.24) is 0 Å². The first-order valence-corrected chi connectivity index (χ1v) is 10.9. The number of nitrogens with zero attached hydrogens (tertiary/aromatic N) is 1. The molecule has 29 heavy (non-hydrogen) atoms. The molecule has 2 rings (SSSR count). The van der Waals surface area contributed by atoms with Gasteiger partial charge >= 0.3 is 6.18 Å². The lowest BCUT2D eigenvalue weighted by Gasteiger charge is -2.30. The zero-order valence-corrected chi connectivity index (χ0v) is 17.6. The Kier molecular flexibility index (Phi) is 7.08. The Morgan fingerprint density at radius 3 is 2.21 bits per heavy atom. The van der Waals surface area contributed by atoms with E-state index in [1.54, 1.807) is 6.92 Å². The van der Waals surface area contributed by atoms with Gasteiger partial charge in [0.05, 0.1) is 22.5 Å². The lowest BCUT2D eigenvalue weighted by atomic mass is 10.1. The number of amides is 1. The number of sulfonamides is 1. The molecule has 0 fully saturated rings. The van der Waals surface area contributed by atoms with E-state index in [1.807, 2.05) is 0 Å². The minimum Gasteiger partial charge on any atom is -0.324 e. The summed E-state index contributed by atoms with van der Waals surface area (Å²) in [6.07, 6.45) is -3.70. The summed E-state index contributed by atoms with van der Waals surface area (Å²) >= 11 is 11.4. The molecule has 2 aromatic rings. The van der Waals surface area contributed by atoms with E-state index in [9.17, 15) is 26.4 Å². The Morgan fingerprint density at radius 2 is 1.72 bits per heavy atom. The molecule has 0 heterocycles. The van der Waals surface area contributed by atoms with Gasteiger partial charge in [-0.25, -0.2) is 8.42 Å². The lowest BCUT2D eigenvalue weighted by Crippen LogP contribution is -2.47. The second-order valence-electron chi connectivity index (χ2n) is 6.14. The number of alkyl halides is 3. The van der Waals surface area contributed by atoms with E-state index in [0.717, 1.165) is 16.6 Å². The van der Waals surface area contributed by atoms with E-state index in [2.05, 4.69) is 5.32 Å². The van der Waals surface area contributed by atoms with E-state index >= 15 is 0 Å². The fraction of sp³-hybridized carbons (Fsp3) is 0.278. The molecule has 158 valence electrons. The SMILES string of the molecule is CC[C@H](C(=O)Nc1ccc(Cl)c(C(F)(F)F)c1)N(c1ccc(Cl)cc1)S(C)(=O)=O. The highest BCUT2D eigenvalue weighted by atomic mass is 35.5. The second kappa shape index (κ2) is 8.81. The van der Waals surface area contributed by atoms with Gasteiger partial charge in [-0.05, 0) is 48.9 Å². The van der Waals surface area contributed by atoms with Gasteiger partial charge in [-0.2, -0.15) is 13.2 Å². The molecule has 5 nitrogen and oxygen atoms in total. The van der Waals surface area contributed by atoms with Gasteiger partial charge < -0.3 is 5.32 Å². The Morgan fingerprint density at radius 1 is 1.14 bits per heavy atom. The fourth-order valence-electron chi connectivity index (χ4n) is 2.69. The van der Waals surface area contributed by atoms with Crippen molar-refractivity contribution in [2.24, 2.45) is 0 Å². The monoisotopic (exact) mass is 468 g/mol. The summed E-state index contributed by atoms with van der Waals surface area (Å²) in [5, 5.41) is 2.20. The Labute approximate surface area is 176 Å². The van der Waals surface area contributed by atoms with Crippen LogP contribution in [0.25, 0.3) is 0 Å². The fourth-order valence-corrected chi connectivity index (χ4v) is 4.26. The first kappa shape index (κ1) is 23.3. The Balaban J connectivity index is 2.39. The van der Waals surface area contributed by atoms with E-state index in [-0.39, 0.29) is 17.8 Å². The van der Waals surface area contributed by atoms with E-state index < -0.39 is 38.7 Å². The van der Waals surface area contributed by atoms with E-state index in [1.165, 1.54) is 30.3 Å². The predicted molar refractivity (Wildman–Crippen MR) is 108 cm³/mol. The first-order chi connectivity index (χ1) is 13.3. The summed E-state index contributed by atoms with van der Waals surface area (Å²) in [5.41, 5.74) is -1.07. The Bertz CT molecular complexity index is 996. The van der Waals surface area contributed by atoms with Crippen LogP contribution >= 0.6 is 23.2 Å². The zero-order chi connectivity index (χ0) is 22.0. The van der Waals surface area contributed by atoms with Gasteiger partial charge in [0.15, 0.2) is 0 Å². The van der Waals surface area contributed by atoms with Crippen LogP contribution in [0.4, 0.5) is 24.5 Å². The Hall–Kier alpha value is -1.97. The van der Waals surface area contributed by atoms with Crippen molar-refractivity contribution in [3.8, 4) is 0 Å². The number of nitrogens with one attached hydrogen (secondary N) is 1. The minimum absolute atomic E-state index is 0.0707. The average Bonchev–Trinajstić information content (AvgIpc) is 2.60. The van der Waals surface area contributed by atoms with Crippen LogP contribution in [0.1, 0.15) is 18.9 Å². The first-order valence-electron chi connectivity index (χ1n) is 8.27. The molecule has 0 aliphatic carbocycles. The molecular weight excluding hydrogens is 452 g/mol. The van der Waals surface area contributed by atoms with Gasteiger partial charge in [0.2, 0.25) is 15.9 Å². The van der Waals surface area contributed by atoms with E-state index in [0.29, 0.717) is 11.1 Å². The normalized spacial score (nSPS) is 13.1. The lowest BCUT2D eigenvalue weighted by molar-refractivity contribution is -0.137. The molecule has 0 spiro atoms. The van der Waals surface area contributed by atoms with Crippen molar-refractivity contribution in [3.05, 3.63) is 58.1 Å². The molecule has 0 saturated carbocycles. The summed E-state index contributed by atoms with van der Waals surface area (Å²) in [5.74, 6) is -0.789. The van der Waals surface area contributed by atoms with Gasteiger partial charge in [0.1, 0.15) is 6.04 Å². The quantitative estimate of drug-likeness (QED) is 0.633. The molecule has 1 atom stereocenters. The molecule has 0 saturated heterocycles. The van der Waals surface area contributed by atoms with Crippen molar-refractivity contribution in [1.29, 1.82) is 0 Å². The summed E-state index contributed by atoms with van der Waals surface area (Å²) in [4.78, 5) is 12.8. The molecule has 0 aliphatic rings. The third-order valence-corrected chi connectivity index (χ3v) is 5.71. The number of hydrogen-bond acceptors (Lipinski definition) is 3. The van der Waals surface area contributed by atoms with Gasteiger partial charge in [-0.1, -0.05) is 30.1 Å². The molecule has 0 unspecified atom stereocenters. The summed E-state index contributed by atoms with van der Waals surface area (Å²) in [7, 11) is -3.89. The maximum atomic E-state index is 13.0. The van der Waals surface area contributed by atoms with Crippen LogP contribution < -0.4 is 9.62 Å². The molecular formula is C18H17Cl2F3N2O3S. The molecule has 11 heteroatoms. The number of anilines is 2. The van der Waals surface area contributed by atoms with E-state index in [4.69, 9.17) is 23.2 Å². The van der Waals surface area contributed by atoms with Gasteiger partial charge in [0.25, 0.3) is 0 Å². The highest BCUT2D eigenvalue weighted by Gasteiger charge is 2.35. The predicted octanol–water partition coefficient (Wildman–Crippen LogP) is 5.20.